The van der Waals surface area contributed by atoms with E-state index in [9.17, 15) is 14.4 Å². The average Bonchev–Trinajstić information content (AvgIpc) is 3.42. The molecule has 0 radical (unpaired) electrons. The van der Waals surface area contributed by atoms with Crippen molar-refractivity contribution < 1.29 is 28.6 Å². The van der Waals surface area contributed by atoms with Crippen LogP contribution >= 0.6 is 0 Å². The zero-order chi connectivity index (χ0) is 55.0. The van der Waals surface area contributed by atoms with Crippen LogP contribution in [0.5, 0.6) is 0 Å². The van der Waals surface area contributed by atoms with Crippen LogP contribution in [0.4, 0.5) is 0 Å². The van der Waals surface area contributed by atoms with Crippen molar-refractivity contribution in [2.75, 3.05) is 13.2 Å². The summed E-state index contributed by atoms with van der Waals surface area (Å²) in [5, 5.41) is 0. The molecule has 0 fully saturated rings. The van der Waals surface area contributed by atoms with Crippen molar-refractivity contribution in [2.24, 2.45) is 0 Å². The number of allylic oxidation sites excluding steroid dienone is 12. The third-order valence-corrected chi connectivity index (χ3v) is 14.4. The molecular weight excluding hydrogens is 937 g/mol. The van der Waals surface area contributed by atoms with Gasteiger partial charge in [-0.05, 0) is 89.9 Å². The highest BCUT2D eigenvalue weighted by atomic mass is 16.6. The van der Waals surface area contributed by atoms with Gasteiger partial charge in [-0.2, -0.15) is 0 Å². The van der Waals surface area contributed by atoms with Gasteiger partial charge in [0.1, 0.15) is 13.2 Å². The Morgan fingerprint density at radius 2 is 0.513 bits per heavy atom. The van der Waals surface area contributed by atoms with Gasteiger partial charge in [0, 0.05) is 19.3 Å². The molecule has 0 amide bonds. The lowest BCUT2D eigenvalue weighted by Gasteiger charge is -2.18. The molecule has 1 unspecified atom stereocenters. The Morgan fingerprint density at radius 3 is 0.829 bits per heavy atom. The first-order valence-corrected chi connectivity index (χ1v) is 32.9. The highest BCUT2D eigenvalue weighted by Crippen LogP contribution is 2.17. The molecule has 0 rings (SSSR count). The molecule has 76 heavy (non-hydrogen) atoms. The molecule has 0 aromatic heterocycles. The van der Waals surface area contributed by atoms with Crippen LogP contribution in [0, 0.1) is 0 Å². The fourth-order valence-corrected chi connectivity index (χ4v) is 9.53. The van der Waals surface area contributed by atoms with E-state index in [1.54, 1.807) is 0 Å². The maximum atomic E-state index is 12.9. The van der Waals surface area contributed by atoms with Crippen molar-refractivity contribution >= 4 is 17.9 Å². The van der Waals surface area contributed by atoms with Crippen molar-refractivity contribution in [3.8, 4) is 0 Å². The summed E-state index contributed by atoms with van der Waals surface area (Å²) in [5.74, 6) is -0.912. The second-order valence-electron chi connectivity index (χ2n) is 22.0. The van der Waals surface area contributed by atoms with Gasteiger partial charge < -0.3 is 14.2 Å². The van der Waals surface area contributed by atoms with Gasteiger partial charge >= 0.3 is 17.9 Å². The van der Waals surface area contributed by atoms with Crippen LogP contribution in [0.15, 0.2) is 72.9 Å². The van der Waals surface area contributed by atoms with Crippen LogP contribution in [0.1, 0.15) is 335 Å². The normalized spacial score (nSPS) is 12.5. The number of esters is 3. The summed E-state index contributed by atoms with van der Waals surface area (Å²) in [7, 11) is 0. The van der Waals surface area contributed by atoms with E-state index in [2.05, 4.69) is 93.7 Å². The molecule has 0 saturated heterocycles. The number of ether oxygens (including phenoxy) is 3. The zero-order valence-corrected chi connectivity index (χ0v) is 50.5. The lowest BCUT2D eigenvalue weighted by molar-refractivity contribution is -0.167. The molecular formula is C70H124O6. The van der Waals surface area contributed by atoms with Crippen molar-refractivity contribution in [2.45, 2.75) is 341 Å². The van der Waals surface area contributed by atoms with E-state index in [4.69, 9.17) is 14.2 Å². The quantitative estimate of drug-likeness (QED) is 0.0261. The summed E-state index contributed by atoms with van der Waals surface area (Å²) in [4.78, 5) is 38.3. The van der Waals surface area contributed by atoms with Gasteiger partial charge in [0.2, 0.25) is 0 Å². The average molecular weight is 1060 g/mol. The SMILES string of the molecule is CC/C=C\C/C=C\C/C=C\C/C=C\CCCCC(=O)OCC(COC(=O)CCCCCCCCCCCCCCC/C=C\C/C=C\CCCCCCC)OC(=O)CCCCCCCCCCCCCCCCCCCC. The molecule has 0 saturated carbocycles. The number of unbranched alkanes of at least 4 members (excludes halogenated alkanes) is 37. The molecule has 1 atom stereocenters. The zero-order valence-electron chi connectivity index (χ0n) is 50.5. The molecule has 6 heteroatoms. The second kappa shape index (κ2) is 64.4. The number of carbonyl (C=O) groups is 3. The Morgan fingerprint density at radius 1 is 0.276 bits per heavy atom. The lowest BCUT2D eigenvalue weighted by atomic mass is 10.0. The van der Waals surface area contributed by atoms with Crippen LogP contribution in [0.25, 0.3) is 0 Å². The van der Waals surface area contributed by atoms with E-state index >= 15 is 0 Å². The third kappa shape index (κ3) is 61.7. The van der Waals surface area contributed by atoms with E-state index < -0.39 is 6.10 Å². The summed E-state index contributed by atoms with van der Waals surface area (Å²) in [6.07, 6.45) is 83.5. The Labute approximate surface area is 472 Å². The summed E-state index contributed by atoms with van der Waals surface area (Å²) >= 11 is 0. The Kier molecular flexibility index (Phi) is 61.7. The molecule has 0 N–H and O–H groups in total. The number of hydrogen-bond donors (Lipinski definition) is 0. The summed E-state index contributed by atoms with van der Waals surface area (Å²) in [5.41, 5.74) is 0. The Bertz CT molecular complexity index is 1400. The fraction of sp³-hybridized carbons (Fsp3) is 0.786. The maximum Gasteiger partial charge on any atom is 0.306 e. The van der Waals surface area contributed by atoms with Crippen LogP contribution in [-0.2, 0) is 28.6 Å². The van der Waals surface area contributed by atoms with Crippen molar-refractivity contribution in [3.63, 3.8) is 0 Å². The smallest absolute Gasteiger partial charge is 0.306 e. The predicted octanol–water partition coefficient (Wildman–Crippen LogP) is 22.5. The van der Waals surface area contributed by atoms with Crippen molar-refractivity contribution in [1.82, 2.24) is 0 Å². The van der Waals surface area contributed by atoms with E-state index in [-0.39, 0.29) is 31.1 Å². The van der Waals surface area contributed by atoms with Gasteiger partial charge in [-0.15, -0.1) is 0 Å². The molecule has 0 heterocycles. The first-order valence-electron chi connectivity index (χ1n) is 32.9. The van der Waals surface area contributed by atoms with Crippen molar-refractivity contribution in [1.29, 1.82) is 0 Å². The van der Waals surface area contributed by atoms with Crippen LogP contribution in [-0.4, -0.2) is 37.2 Å². The van der Waals surface area contributed by atoms with Crippen LogP contribution < -0.4 is 0 Å². The summed E-state index contributed by atoms with van der Waals surface area (Å²) in [6.45, 7) is 6.53. The highest BCUT2D eigenvalue weighted by molar-refractivity contribution is 5.71. The molecule has 0 aliphatic carbocycles. The molecule has 0 aromatic carbocycles. The third-order valence-electron chi connectivity index (χ3n) is 14.4. The second-order valence-corrected chi connectivity index (χ2v) is 22.0. The lowest BCUT2D eigenvalue weighted by Crippen LogP contribution is -2.30. The van der Waals surface area contributed by atoms with E-state index in [1.165, 1.54) is 205 Å². The topological polar surface area (TPSA) is 78.9 Å². The fourth-order valence-electron chi connectivity index (χ4n) is 9.53. The number of rotatable bonds is 60. The van der Waals surface area contributed by atoms with E-state index in [0.29, 0.717) is 19.3 Å². The molecule has 0 spiro atoms. The van der Waals surface area contributed by atoms with Gasteiger partial charge in [-0.25, -0.2) is 0 Å². The minimum absolute atomic E-state index is 0.0857. The highest BCUT2D eigenvalue weighted by Gasteiger charge is 2.19. The monoisotopic (exact) mass is 1060 g/mol. The van der Waals surface area contributed by atoms with E-state index in [0.717, 1.165) is 89.9 Å². The molecule has 0 bridgehead atoms. The van der Waals surface area contributed by atoms with Gasteiger partial charge in [0.15, 0.2) is 6.10 Å². The summed E-state index contributed by atoms with van der Waals surface area (Å²) in [6, 6.07) is 0. The maximum absolute atomic E-state index is 12.9. The minimum Gasteiger partial charge on any atom is -0.462 e. The minimum atomic E-state index is -0.792. The van der Waals surface area contributed by atoms with Gasteiger partial charge in [-0.3, -0.25) is 14.4 Å². The van der Waals surface area contributed by atoms with Gasteiger partial charge in [0.05, 0.1) is 0 Å². The standard InChI is InChI=1S/C70H124O6/c1-4-7-10-13-16-19-22-25-28-30-32-33-34-35-36-37-38-40-42-45-48-51-54-57-60-63-69(72)75-66-67(65-74-68(71)62-59-56-53-50-47-44-41-27-24-21-18-15-12-9-6-3)76-70(73)64-61-58-55-52-49-46-43-39-31-29-26-23-20-17-14-11-8-5-2/h9,12,18,21-22,25,27,30,32,41,47,50,67H,4-8,10-11,13-17,19-20,23-24,26,28-29,31,33-40,42-46,48-49,51-66H2,1-3H3/b12-9-,21-18-,25-22-,32-30-,41-27-,50-47-. The summed E-state index contributed by atoms with van der Waals surface area (Å²) < 4.78 is 16.9. The molecule has 0 aromatic rings. The van der Waals surface area contributed by atoms with E-state index in [1.807, 2.05) is 0 Å². The van der Waals surface area contributed by atoms with Gasteiger partial charge in [-0.1, -0.05) is 299 Å². The predicted molar refractivity (Wildman–Crippen MR) is 330 cm³/mol. The first-order chi connectivity index (χ1) is 37.5. The van der Waals surface area contributed by atoms with Crippen LogP contribution in [0.3, 0.4) is 0 Å². The first kappa shape index (κ1) is 72.8. The van der Waals surface area contributed by atoms with Crippen molar-refractivity contribution in [3.05, 3.63) is 72.9 Å². The molecule has 0 aliphatic rings. The Hall–Kier alpha value is -3.15. The van der Waals surface area contributed by atoms with Gasteiger partial charge in [0.25, 0.3) is 0 Å². The van der Waals surface area contributed by atoms with Crippen LogP contribution in [0.2, 0.25) is 0 Å². The molecule has 0 aliphatic heterocycles. The largest absolute Gasteiger partial charge is 0.462 e. The Balaban J connectivity index is 4.32. The molecule has 6 nitrogen and oxygen atoms in total. The number of hydrogen-bond acceptors (Lipinski definition) is 6. The number of carbonyl (C=O) groups excluding carboxylic acids is 3. The molecule has 440 valence electrons.